The van der Waals surface area contributed by atoms with Gasteiger partial charge in [0.15, 0.2) is 5.82 Å². The van der Waals surface area contributed by atoms with Gasteiger partial charge in [0.05, 0.1) is 12.3 Å². The smallest absolute Gasteiger partial charge is 0.151 e. The van der Waals surface area contributed by atoms with Crippen LogP contribution >= 0.6 is 0 Å². The number of rotatable bonds is 10. The first-order valence-corrected chi connectivity index (χ1v) is 7.80. The SMILES string of the molecule is COCCN(CC(C)C)c1ccc(CNCC(C)C)nn1. The molecule has 0 fully saturated rings. The maximum Gasteiger partial charge on any atom is 0.151 e. The molecule has 0 amide bonds. The Morgan fingerprint density at radius 2 is 1.90 bits per heavy atom. The zero-order valence-corrected chi connectivity index (χ0v) is 14.1. The molecule has 0 saturated carbocycles. The van der Waals surface area contributed by atoms with Crippen molar-refractivity contribution < 1.29 is 4.74 Å². The van der Waals surface area contributed by atoms with E-state index in [1.54, 1.807) is 7.11 Å². The highest BCUT2D eigenvalue weighted by atomic mass is 16.5. The molecule has 0 aliphatic rings. The number of nitrogens with zero attached hydrogens (tertiary/aromatic N) is 3. The van der Waals surface area contributed by atoms with E-state index in [4.69, 9.17) is 4.74 Å². The van der Waals surface area contributed by atoms with Gasteiger partial charge in [-0.3, -0.25) is 0 Å². The van der Waals surface area contributed by atoms with Crippen molar-refractivity contribution >= 4 is 5.82 Å². The standard InChI is InChI=1S/C16H30N4O/c1-13(2)10-17-11-15-6-7-16(19-18-15)20(8-9-21-5)12-14(3)4/h6-7,13-14,17H,8-12H2,1-5H3. The van der Waals surface area contributed by atoms with Crippen molar-refractivity contribution in [1.29, 1.82) is 0 Å². The number of anilines is 1. The van der Waals surface area contributed by atoms with Crippen molar-refractivity contribution in [2.24, 2.45) is 11.8 Å². The van der Waals surface area contributed by atoms with E-state index in [1.165, 1.54) is 0 Å². The van der Waals surface area contributed by atoms with E-state index in [9.17, 15) is 0 Å². The lowest BCUT2D eigenvalue weighted by Gasteiger charge is -2.24. The molecule has 0 radical (unpaired) electrons. The molecule has 0 atom stereocenters. The van der Waals surface area contributed by atoms with Crippen LogP contribution in [0.5, 0.6) is 0 Å². The molecule has 21 heavy (non-hydrogen) atoms. The van der Waals surface area contributed by atoms with Crippen LogP contribution in [0.15, 0.2) is 12.1 Å². The average molecular weight is 294 g/mol. The van der Waals surface area contributed by atoms with Gasteiger partial charge in [0.2, 0.25) is 0 Å². The Kier molecular flexibility index (Phi) is 8.23. The zero-order valence-electron chi connectivity index (χ0n) is 14.1. The molecule has 5 nitrogen and oxygen atoms in total. The predicted molar refractivity (Wildman–Crippen MR) is 87.5 cm³/mol. The molecule has 0 aliphatic heterocycles. The minimum Gasteiger partial charge on any atom is -0.383 e. The van der Waals surface area contributed by atoms with Crippen LogP contribution < -0.4 is 10.2 Å². The number of ether oxygens (including phenoxy) is 1. The van der Waals surface area contributed by atoms with Gasteiger partial charge in [0.25, 0.3) is 0 Å². The summed E-state index contributed by atoms with van der Waals surface area (Å²) in [5, 5.41) is 12.1. The summed E-state index contributed by atoms with van der Waals surface area (Å²) in [4.78, 5) is 2.23. The van der Waals surface area contributed by atoms with Crippen LogP contribution in [-0.4, -0.2) is 43.5 Å². The Bertz CT molecular complexity index is 378. The third-order valence-corrected chi connectivity index (χ3v) is 3.04. The van der Waals surface area contributed by atoms with Crippen LogP contribution in [0.25, 0.3) is 0 Å². The normalized spacial score (nSPS) is 11.4. The van der Waals surface area contributed by atoms with E-state index in [1.807, 2.05) is 0 Å². The Labute approximate surface area is 129 Å². The number of hydrogen-bond acceptors (Lipinski definition) is 5. The third kappa shape index (κ3) is 7.39. The summed E-state index contributed by atoms with van der Waals surface area (Å²) in [5.41, 5.74) is 0.982. The lowest BCUT2D eigenvalue weighted by molar-refractivity contribution is 0.204. The fourth-order valence-electron chi connectivity index (χ4n) is 2.05. The fourth-order valence-corrected chi connectivity index (χ4v) is 2.05. The van der Waals surface area contributed by atoms with Crippen LogP contribution in [0.2, 0.25) is 0 Å². The highest BCUT2D eigenvalue weighted by molar-refractivity contribution is 5.37. The van der Waals surface area contributed by atoms with Gasteiger partial charge in [0.1, 0.15) is 0 Å². The zero-order chi connectivity index (χ0) is 15.7. The molecule has 1 aromatic heterocycles. The van der Waals surface area contributed by atoms with Gasteiger partial charge in [-0.05, 0) is 30.5 Å². The molecule has 0 spiro atoms. The second-order valence-corrected chi connectivity index (χ2v) is 6.24. The molecule has 0 aliphatic carbocycles. The lowest BCUT2D eigenvalue weighted by Crippen LogP contribution is -2.32. The average Bonchev–Trinajstić information content (AvgIpc) is 2.43. The summed E-state index contributed by atoms with van der Waals surface area (Å²) in [7, 11) is 1.72. The maximum absolute atomic E-state index is 5.17. The van der Waals surface area contributed by atoms with Crippen molar-refractivity contribution in [2.75, 3.05) is 38.3 Å². The molecule has 0 aromatic carbocycles. The Balaban J connectivity index is 2.59. The van der Waals surface area contributed by atoms with Crippen molar-refractivity contribution in [3.63, 3.8) is 0 Å². The first-order valence-electron chi connectivity index (χ1n) is 7.80. The molecule has 0 saturated heterocycles. The second-order valence-electron chi connectivity index (χ2n) is 6.24. The van der Waals surface area contributed by atoms with Gasteiger partial charge in [-0.1, -0.05) is 27.7 Å². The summed E-state index contributed by atoms with van der Waals surface area (Å²) in [6.45, 7) is 13.1. The monoisotopic (exact) mass is 294 g/mol. The summed E-state index contributed by atoms with van der Waals surface area (Å²) < 4.78 is 5.17. The van der Waals surface area contributed by atoms with Gasteiger partial charge < -0.3 is 15.0 Å². The largest absolute Gasteiger partial charge is 0.383 e. The Morgan fingerprint density at radius 1 is 1.14 bits per heavy atom. The molecule has 1 heterocycles. The van der Waals surface area contributed by atoms with Gasteiger partial charge >= 0.3 is 0 Å². The molecule has 120 valence electrons. The van der Waals surface area contributed by atoms with Gasteiger partial charge in [-0.2, -0.15) is 5.10 Å². The number of nitrogens with one attached hydrogen (secondary N) is 1. The van der Waals surface area contributed by atoms with E-state index >= 15 is 0 Å². The first kappa shape index (κ1) is 17.9. The van der Waals surface area contributed by atoms with E-state index in [2.05, 4.69) is 60.2 Å². The van der Waals surface area contributed by atoms with E-state index < -0.39 is 0 Å². The van der Waals surface area contributed by atoms with Gasteiger partial charge in [0, 0.05) is 26.7 Å². The van der Waals surface area contributed by atoms with Gasteiger partial charge in [-0.25, -0.2) is 0 Å². The van der Waals surface area contributed by atoms with Crippen LogP contribution in [0, 0.1) is 11.8 Å². The minimum atomic E-state index is 0.580. The molecular formula is C16H30N4O. The topological polar surface area (TPSA) is 50.3 Å². The maximum atomic E-state index is 5.17. The number of aromatic nitrogens is 2. The first-order chi connectivity index (χ1) is 10.0. The van der Waals surface area contributed by atoms with Crippen LogP contribution in [-0.2, 0) is 11.3 Å². The van der Waals surface area contributed by atoms with Crippen LogP contribution in [0.4, 0.5) is 5.82 Å². The highest BCUT2D eigenvalue weighted by Crippen LogP contribution is 2.12. The quantitative estimate of drug-likeness (QED) is 0.718. The Hall–Kier alpha value is -1.20. The molecule has 1 aromatic rings. The van der Waals surface area contributed by atoms with E-state index in [0.717, 1.165) is 37.7 Å². The summed E-state index contributed by atoms with van der Waals surface area (Å²) in [5.74, 6) is 2.15. The van der Waals surface area contributed by atoms with Crippen molar-refractivity contribution in [3.8, 4) is 0 Å². The van der Waals surface area contributed by atoms with Gasteiger partial charge in [-0.15, -0.1) is 5.10 Å². The Morgan fingerprint density at radius 3 is 2.43 bits per heavy atom. The minimum absolute atomic E-state index is 0.580. The van der Waals surface area contributed by atoms with Crippen molar-refractivity contribution in [1.82, 2.24) is 15.5 Å². The summed E-state index contributed by atoms with van der Waals surface area (Å²) >= 11 is 0. The molecule has 1 N–H and O–H groups in total. The number of hydrogen-bond donors (Lipinski definition) is 1. The lowest BCUT2D eigenvalue weighted by atomic mass is 10.2. The van der Waals surface area contributed by atoms with Crippen LogP contribution in [0.1, 0.15) is 33.4 Å². The summed E-state index contributed by atoms with van der Waals surface area (Å²) in [6, 6.07) is 4.10. The van der Waals surface area contributed by atoms with E-state index in [0.29, 0.717) is 18.4 Å². The molecule has 0 bridgehead atoms. The predicted octanol–water partition coefficient (Wildman–Crippen LogP) is 2.33. The molecule has 0 unspecified atom stereocenters. The second kappa shape index (κ2) is 9.68. The third-order valence-electron chi connectivity index (χ3n) is 3.04. The summed E-state index contributed by atoms with van der Waals surface area (Å²) in [6.07, 6.45) is 0. The van der Waals surface area contributed by atoms with E-state index in [-0.39, 0.29) is 0 Å². The fraction of sp³-hybridized carbons (Fsp3) is 0.750. The molecular weight excluding hydrogens is 264 g/mol. The van der Waals surface area contributed by atoms with Crippen LogP contribution in [0.3, 0.4) is 0 Å². The highest BCUT2D eigenvalue weighted by Gasteiger charge is 2.10. The van der Waals surface area contributed by atoms with Crippen molar-refractivity contribution in [2.45, 2.75) is 34.2 Å². The molecule has 1 rings (SSSR count). The molecule has 5 heteroatoms. The number of methoxy groups -OCH3 is 1. The van der Waals surface area contributed by atoms with Crippen molar-refractivity contribution in [3.05, 3.63) is 17.8 Å².